The molecule has 24 heavy (non-hydrogen) atoms. The van der Waals surface area contributed by atoms with Gasteiger partial charge in [0, 0.05) is 19.3 Å². The lowest BCUT2D eigenvalue weighted by molar-refractivity contribution is -0.181. The fourth-order valence-electron chi connectivity index (χ4n) is 3.06. The Kier molecular flexibility index (Phi) is 4.99. The van der Waals surface area contributed by atoms with E-state index in [1.807, 2.05) is 0 Å². The topological polar surface area (TPSA) is 67.9 Å². The molecule has 0 radical (unpaired) electrons. The summed E-state index contributed by atoms with van der Waals surface area (Å²) >= 11 is 0. The molecule has 136 valence electrons. The Labute approximate surface area is 139 Å². The molecule has 2 rings (SSSR count). The van der Waals surface area contributed by atoms with Gasteiger partial charge in [-0.3, -0.25) is 4.99 Å². The number of hydrogen-bond donors (Lipinski definition) is 1. The normalized spacial score (nSPS) is 29.0. The molecule has 2 N–H and O–H groups in total. The zero-order valence-corrected chi connectivity index (χ0v) is 14.1. The number of nitrogens with two attached hydrogens (primary N) is 1. The second-order valence-electron chi connectivity index (χ2n) is 7.34. The number of carbonyl (C=O) groups is 1. The van der Waals surface area contributed by atoms with Crippen molar-refractivity contribution in [3.63, 3.8) is 0 Å². The average Bonchev–Trinajstić information content (AvgIpc) is 2.45. The lowest BCUT2D eigenvalue weighted by atomic mass is 9.76. The molecule has 0 spiro atoms. The van der Waals surface area contributed by atoms with Crippen LogP contribution in [0.2, 0.25) is 0 Å². The number of likely N-dealkylation sites (tertiary alicyclic amines) is 1. The summed E-state index contributed by atoms with van der Waals surface area (Å²) < 4.78 is 45.5. The van der Waals surface area contributed by atoms with Gasteiger partial charge in [0.25, 0.3) is 0 Å². The third-order valence-corrected chi connectivity index (χ3v) is 4.32. The molecule has 8 heteroatoms. The third-order valence-electron chi connectivity index (χ3n) is 4.32. The van der Waals surface area contributed by atoms with Crippen LogP contribution in [0.4, 0.5) is 18.0 Å². The minimum Gasteiger partial charge on any atom is -0.444 e. The Bertz CT molecular complexity index is 532. The molecule has 2 aliphatic rings. The maximum absolute atomic E-state index is 13.4. The molecule has 5 nitrogen and oxygen atoms in total. The summed E-state index contributed by atoms with van der Waals surface area (Å²) in [7, 11) is 0. The summed E-state index contributed by atoms with van der Waals surface area (Å²) in [5, 5.41) is 0. The minimum atomic E-state index is -4.58. The quantitative estimate of drug-likeness (QED) is 0.793. The number of dihydropyridines is 1. The van der Waals surface area contributed by atoms with Crippen LogP contribution < -0.4 is 5.73 Å². The summed E-state index contributed by atoms with van der Waals surface area (Å²) in [5.41, 5.74) is 2.60. The summed E-state index contributed by atoms with van der Waals surface area (Å²) in [6.45, 7) is 5.99. The highest BCUT2D eigenvalue weighted by Crippen LogP contribution is 2.40. The molecular formula is C16H24F3N3O2. The Morgan fingerprint density at radius 3 is 2.38 bits per heavy atom. The molecule has 0 saturated carbocycles. The predicted octanol–water partition coefficient (Wildman–Crippen LogP) is 2.90. The Morgan fingerprint density at radius 1 is 1.29 bits per heavy atom. The molecule has 2 heterocycles. The van der Waals surface area contributed by atoms with Crippen LogP contribution in [-0.4, -0.2) is 53.7 Å². The number of alkyl halides is 3. The van der Waals surface area contributed by atoms with Gasteiger partial charge in [-0.05, 0) is 45.6 Å². The van der Waals surface area contributed by atoms with E-state index in [1.165, 1.54) is 17.2 Å². The van der Waals surface area contributed by atoms with Gasteiger partial charge < -0.3 is 15.4 Å². The average molecular weight is 347 g/mol. The van der Waals surface area contributed by atoms with Gasteiger partial charge in [-0.25, -0.2) is 4.79 Å². The van der Waals surface area contributed by atoms with Gasteiger partial charge in [0.15, 0.2) is 5.54 Å². The number of aliphatic imine (C=N–C) groups is 1. The second kappa shape index (κ2) is 6.38. The van der Waals surface area contributed by atoms with Gasteiger partial charge in [0.05, 0.1) is 6.04 Å². The van der Waals surface area contributed by atoms with Crippen molar-refractivity contribution in [2.45, 2.75) is 57.0 Å². The summed E-state index contributed by atoms with van der Waals surface area (Å²) in [6, 6.07) is -1.07. The number of halogens is 3. The van der Waals surface area contributed by atoms with Crippen LogP contribution in [0.1, 0.15) is 33.6 Å². The number of amides is 1. The first-order chi connectivity index (χ1) is 10.9. The zero-order chi connectivity index (χ0) is 18.2. The second-order valence-corrected chi connectivity index (χ2v) is 7.34. The fourth-order valence-corrected chi connectivity index (χ4v) is 3.06. The van der Waals surface area contributed by atoms with E-state index in [9.17, 15) is 18.0 Å². The van der Waals surface area contributed by atoms with E-state index in [0.29, 0.717) is 25.9 Å². The molecule has 1 fully saturated rings. The summed E-state index contributed by atoms with van der Waals surface area (Å²) in [5.74, 6) is -0.337. The first-order valence-electron chi connectivity index (χ1n) is 7.98. The highest BCUT2D eigenvalue weighted by molar-refractivity contribution is 5.73. The van der Waals surface area contributed by atoms with Crippen molar-refractivity contribution < 1.29 is 22.7 Å². The van der Waals surface area contributed by atoms with E-state index in [0.717, 1.165) is 6.08 Å². The number of ether oxygens (including phenoxy) is 1. The van der Waals surface area contributed by atoms with Gasteiger partial charge in [-0.1, -0.05) is 6.08 Å². The highest BCUT2D eigenvalue weighted by Gasteiger charge is 2.58. The molecule has 0 aromatic carbocycles. The number of rotatable bonds is 1. The summed E-state index contributed by atoms with van der Waals surface area (Å²) in [6.07, 6.45) is -0.627. The molecule has 2 unspecified atom stereocenters. The molecular weight excluding hydrogens is 323 g/mol. The zero-order valence-electron chi connectivity index (χ0n) is 14.1. The maximum atomic E-state index is 13.4. The van der Waals surface area contributed by atoms with Crippen molar-refractivity contribution in [3.05, 3.63) is 12.2 Å². The van der Waals surface area contributed by atoms with Crippen molar-refractivity contribution in [2.24, 2.45) is 16.6 Å². The Hall–Kier alpha value is -1.57. The number of nitrogens with zero attached hydrogens (tertiary/aromatic N) is 2. The molecule has 2 atom stereocenters. The van der Waals surface area contributed by atoms with Gasteiger partial charge in [-0.2, -0.15) is 13.2 Å². The van der Waals surface area contributed by atoms with E-state index < -0.39 is 29.5 Å². The first kappa shape index (κ1) is 18.8. The molecule has 0 aliphatic carbocycles. The Morgan fingerprint density at radius 2 is 1.88 bits per heavy atom. The monoisotopic (exact) mass is 347 g/mol. The molecule has 1 amide bonds. The van der Waals surface area contributed by atoms with Gasteiger partial charge in [-0.15, -0.1) is 0 Å². The van der Waals surface area contributed by atoms with E-state index in [4.69, 9.17) is 10.5 Å². The number of piperidine rings is 1. The van der Waals surface area contributed by atoms with Gasteiger partial charge >= 0.3 is 12.3 Å². The smallest absolute Gasteiger partial charge is 0.412 e. The van der Waals surface area contributed by atoms with Crippen molar-refractivity contribution in [1.29, 1.82) is 0 Å². The van der Waals surface area contributed by atoms with Gasteiger partial charge in [0.1, 0.15) is 5.60 Å². The maximum Gasteiger partial charge on any atom is 0.412 e. The molecule has 2 aliphatic heterocycles. The van der Waals surface area contributed by atoms with E-state index in [1.54, 1.807) is 20.8 Å². The Balaban J connectivity index is 2.02. The fraction of sp³-hybridized carbons (Fsp3) is 0.750. The number of carbonyl (C=O) groups excluding carboxylic acids is 1. The van der Waals surface area contributed by atoms with Crippen molar-refractivity contribution in [1.82, 2.24) is 4.90 Å². The van der Waals surface area contributed by atoms with Crippen LogP contribution in [0.15, 0.2) is 17.1 Å². The molecule has 1 saturated heterocycles. The molecule has 0 aromatic rings. The molecule has 0 bridgehead atoms. The standard InChI is InChI=1S/C16H24F3N3O2/c1-14(2,3)24-13(23)22-9-5-11(6-10-22)12-15(20,16(17,18)19)7-4-8-21-12/h4,7-8,11-12H,5-6,9-10,20H2,1-3H3. The highest BCUT2D eigenvalue weighted by atomic mass is 19.4. The van der Waals surface area contributed by atoms with Crippen molar-refractivity contribution in [3.8, 4) is 0 Å². The van der Waals surface area contributed by atoms with Crippen LogP contribution in [0, 0.1) is 5.92 Å². The van der Waals surface area contributed by atoms with Crippen LogP contribution in [0.3, 0.4) is 0 Å². The number of allylic oxidation sites excluding steroid dienone is 1. The van der Waals surface area contributed by atoms with E-state index in [2.05, 4.69) is 4.99 Å². The van der Waals surface area contributed by atoms with Crippen molar-refractivity contribution in [2.75, 3.05) is 13.1 Å². The van der Waals surface area contributed by atoms with Crippen LogP contribution in [0.25, 0.3) is 0 Å². The van der Waals surface area contributed by atoms with E-state index in [-0.39, 0.29) is 5.92 Å². The lowest BCUT2D eigenvalue weighted by Gasteiger charge is -2.43. The number of hydrogen-bond acceptors (Lipinski definition) is 4. The SMILES string of the molecule is CC(C)(C)OC(=O)N1CCC(C2N=CC=CC2(N)C(F)(F)F)CC1. The van der Waals surface area contributed by atoms with Crippen LogP contribution in [-0.2, 0) is 4.74 Å². The van der Waals surface area contributed by atoms with Crippen LogP contribution >= 0.6 is 0 Å². The first-order valence-corrected chi connectivity index (χ1v) is 7.98. The largest absolute Gasteiger partial charge is 0.444 e. The van der Waals surface area contributed by atoms with Crippen molar-refractivity contribution >= 4 is 12.3 Å². The van der Waals surface area contributed by atoms with E-state index >= 15 is 0 Å². The van der Waals surface area contributed by atoms with Gasteiger partial charge in [0.2, 0.25) is 0 Å². The predicted molar refractivity (Wildman–Crippen MR) is 84.9 cm³/mol. The minimum absolute atomic E-state index is 0.337. The van der Waals surface area contributed by atoms with Crippen LogP contribution in [0.5, 0.6) is 0 Å². The molecule has 0 aromatic heterocycles. The summed E-state index contributed by atoms with van der Waals surface area (Å²) in [4.78, 5) is 17.6. The lowest BCUT2D eigenvalue weighted by Crippen LogP contribution is -2.63. The third kappa shape index (κ3) is 3.91.